The molecule has 4 amide bonds. The van der Waals surface area contributed by atoms with Crippen LogP contribution >= 0.6 is 0 Å². The molecule has 4 aromatic rings. The van der Waals surface area contributed by atoms with Crippen LogP contribution in [0, 0.1) is 0 Å². The quantitative estimate of drug-likeness (QED) is 0.0939. The van der Waals surface area contributed by atoms with Gasteiger partial charge in [0.1, 0.15) is 5.82 Å². The molecule has 1 heterocycles. The first kappa shape index (κ1) is 35.5. The van der Waals surface area contributed by atoms with Gasteiger partial charge in [-0.2, -0.15) is 18.2 Å². The number of rotatable bonds is 11. The molecule has 12 nitrogen and oxygen atoms in total. The van der Waals surface area contributed by atoms with Gasteiger partial charge in [-0.15, -0.1) is 0 Å². The van der Waals surface area contributed by atoms with Crippen LogP contribution in [0.5, 0.6) is 0 Å². The molecule has 0 saturated heterocycles. The van der Waals surface area contributed by atoms with Gasteiger partial charge in [0.05, 0.1) is 26.8 Å². The Bertz CT molecular complexity index is 1870. The lowest BCUT2D eigenvalue weighted by molar-refractivity contribution is -0.137. The fourth-order valence-corrected chi connectivity index (χ4v) is 5.34. The lowest BCUT2D eigenvalue weighted by atomic mass is 10.1. The molecule has 0 aliphatic carbocycles. The van der Waals surface area contributed by atoms with Crippen molar-refractivity contribution in [2.45, 2.75) is 43.9 Å². The summed E-state index contributed by atoms with van der Waals surface area (Å²) in [5.41, 5.74) is 1.17. The maximum atomic E-state index is 13.2. The highest BCUT2D eigenvalue weighted by Crippen LogP contribution is 2.31. The van der Waals surface area contributed by atoms with E-state index in [-0.39, 0.29) is 35.2 Å². The third kappa shape index (κ3) is 9.83. The van der Waals surface area contributed by atoms with Crippen molar-refractivity contribution in [3.05, 3.63) is 84.6 Å². The summed E-state index contributed by atoms with van der Waals surface area (Å²) in [7, 11) is -3.18. The number of nitrogens with zero attached hydrogens (tertiary/aromatic N) is 2. The Hall–Kier alpha value is -5.35. The van der Waals surface area contributed by atoms with Crippen LogP contribution in [0.3, 0.4) is 0 Å². The lowest BCUT2D eigenvalue weighted by Crippen LogP contribution is -2.42. The van der Waals surface area contributed by atoms with Gasteiger partial charge in [-0.05, 0) is 80.7 Å². The number of hydrogen-bond acceptors (Lipinski definition) is 8. The number of nitrogens with one attached hydrogen (secondary N) is 6. The van der Waals surface area contributed by atoms with Crippen molar-refractivity contribution in [1.82, 2.24) is 20.0 Å². The van der Waals surface area contributed by atoms with Gasteiger partial charge in [0, 0.05) is 40.9 Å². The average molecular weight is 685 g/mol. The van der Waals surface area contributed by atoms with E-state index < -0.39 is 33.5 Å². The number of alkyl halides is 3. The van der Waals surface area contributed by atoms with Crippen LogP contribution in [0.2, 0.25) is 0 Å². The van der Waals surface area contributed by atoms with Gasteiger partial charge in [-0.3, -0.25) is 4.72 Å². The molecule has 48 heavy (non-hydrogen) atoms. The molecule has 1 aromatic heterocycles. The van der Waals surface area contributed by atoms with Crippen molar-refractivity contribution in [2.24, 2.45) is 0 Å². The first-order chi connectivity index (χ1) is 22.6. The second kappa shape index (κ2) is 15.0. The van der Waals surface area contributed by atoms with E-state index in [1.807, 2.05) is 0 Å². The van der Waals surface area contributed by atoms with Crippen molar-refractivity contribution in [3.8, 4) is 11.1 Å². The van der Waals surface area contributed by atoms with Gasteiger partial charge in [-0.1, -0.05) is 24.3 Å². The average Bonchev–Trinajstić information content (AvgIpc) is 3.01. The highest BCUT2D eigenvalue weighted by Gasteiger charge is 2.30. The zero-order chi connectivity index (χ0) is 35.1. The molecule has 0 fully saturated rings. The van der Waals surface area contributed by atoms with E-state index in [2.05, 4.69) is 47.1 Å². The molecular formula is C32H35F3N8O4S. The number of aromatic nitrogens is 2. The monoisotopic (exact) mass is 684 g/mol. The molecule has 1 unspecified atom stereocenters. The Labute approximate surface area is 275 Å². The highest BCUT2D eigenvalue weighted by molar-refractivity contribution is 7.99. The third-order valence-corrected chi connectivity index (χ3v) is 8.03. The van der Waals surface area contributed by atoms with Gasteiger partial charge >= 0.3 is 18.2 Å². The maximum Gasteiger partial charge on any atom is 0.416 e. The van der Waals surface area contributed by atoms with Crippen LogP contribution < -0.4 is 31.3 Å². The van der Waals surface area contributed by atoms with Gasteiger partial charge in [0.15, 0.2) is 0 Å². The predicted molar refractivity (Wildman–Crippen MR) is 182 cm³/mol. The van der Waals surface area contributed by atoms with Gasteiger partial charge < -0.3 is 31.7 Å². The Kier molecular flexibility index (Phi) is 11.1. The maximum absolute atomic E-state index is 13.2. The number of benzene rings is 3. The van der Waals surface area contributed by atoms with Crippen LogP contribution in [0.1, 0.15) is 26.3 Å². The van der Waals surface area contributed by atoms with Crippen LogP contribution in [0.15, 0.2) is 83.9 Å². The molecule has 254 valence electrons. The van der Waals surface area contributed by atoms with Gasteiger partial charge in [0.2, 0.25) is 5.95 Å². The number of carbonyl (C=O) groups excluding carboxylic acids is 2. The van der Waals surface area contributed by atoms with E-state index in [1.54, 1.807) is 75.5 Å². The first-order valence-corrected chi connectivity index (χ1v) is 16.3. The van der Waals surface area contributed by atoms with E-state index in [0.29, 0.717) is 28.3 Å². The largest absolute Gasteiger partial charge is 0.416 e. The molecule has 16 heteroatoms. The molecule has 0 radical (unpaired) electrons. The summed E-state index contributed by atoms with van der Waals surface area (Å²) >= 11 is 0. The highest BCUT2D eigenvalue weighted by atomic mass is 32.2. The van der Waals surface area contributed by atoms with Crippen molar-refractivity contribution < 1.29 is 32.1 Å². The number of anilines is 5. The van der Waals surface area contributed by atoms with Crippen LogP contribution in [0.4, 0.5) is 51.6 Å². The van der Waals surface area contributed by atoms with E-state index in [4.69, 9.17) is 0 Å². The van der Waals surface area contributed by atoms with E-state index in [0.717, 1.165) is 12.1 Å². The molecule has 2 atom stereocenters. The van der Waals surface area contributed by atoms with Crippen molar-refractivity contribution in [3.63, 3.8) is 0 Å². The molecule has 3 aromatic carbocycles. The Balaban J connectivity index is 1.50. The first-order valence-electron chi connectivity index (χ1n) is 14.6. The van der Waals surface area contributed by atoms with E-state index in [9.17, 15) is 32.1 Å². The van der Waals surface area contributed by atoms with Crippen molar-refractivity contribution in [2.75, 3.05) is 27.9 Å². The number of aliphatic hydroxyl groups is 1. The normalized spacial score (nSPS) is 13.2. The Morgan fingerprint density at radius 3 is 2.25 bits per heavy atom. The van der Waals surface area contributed by atoms with Crippen LogP contribution in [0.25, 0.3) is 11.1 Å². The van der Waals surface area contributed by atoms with Gasteiger partial charge in [-0.25, -0.2) is 18.8 Å². The Morgan fingerprint density at radius 2 is 1.58 bits per heavy atom. The molecular weight excluding hydrogens is 649 g/mol. The van der Waals surface area contributed by atoms with Crippen molar-refractivity contribution in [1.29, 1.82) is 0 Å². The molecule has 0 saturated carbocycles. The minimum absolute atomic E-state index is 0.0177. The summed E-state index contributed by atoms with van der Waals surface area (Å²) in [6.45, 7) is 5.11. The SMILES string of the molecule is C=S(=O)(NC(=O)NC(C)C)c1cccc(Nc2ncc(-c3ccc(NC(=O)Nc4cccc(C(F)(F)F)c4)cc3)c(N[C@H](C)CO)n2)c1. The zero-order valence-electron chi connectivity index (χ0n) is 26.2. The fourth-order valence-electron chi connectivity index (χ4n) is 4.25. The second-order valence-corrected chi connectivity index (χ2v) is 13.0. The number of urea groups is 2. The van der Waals surface area contributed by atoms with Crippen LogP contribution in [-0.4, -0.2) is 55.9 Å². The summed E-state index contributed by atoms with van der Waals surface area (Å²) in [5, 5.41) is 23.4. The van der Waals surface area contributed by atoms with E-state index in [1.165, 1.54) is 12.1 Å². The molecule has 0 aliphatic heterocycles. The standard InChI is InChI=1S/C32H35F3N8O4S/c1-19(2)37-31(46)43-48(4,47)26-10-6-9-25(16-26)39-29-36-17-27(28(42-29)38-20(3)18-44)21-11-13-23(14-12-21)40-30(45)41-24-8-5-7-22(15-24)32(33,34)35/h5-17,19-20,44H,4,18H2,1-3H3,(H2,40,41,45)(H2,36,38,39,42)(H2,37,43,46,47)/t20-,48?/m1/s1. The molecule has 4 rings (SSSR count). The number of aliphatic hydroxyl groups excluding tert-OH is 1. The summed E-state index contributed by atoms with van der Waals surface area (Å²) in [6.07, 6.45) is -2.99. The molecule has 0 spiro atoms. The number of hydrogen-bond donors (Lipinski definition) is 7. The summed E-state index contributed by atoms with van der Waals surface area (Å²) in [4.78, 5) is 33.8. The van der Waals surface area contributed by atoms with Crippen LogP contribution in [-0.2, 0) is 15.9 Å². The minimum Gasteiger partial charge on any atom is -0.394 e. The Morgan fingerprint density at radius 1 is 0.917 bits per heavy atom. The third-order valence-electron chi connectivity index (χ3n) is 6.50. The van der Waals surface area contributed by atoms with Gasteiger partial charge in [0.25, 0.3) is 0 Å². The summed E-state index contributed by atoms with van der Waals surface area (Å²) in [5.74, 6) is 4.24. The number of amides is 4. The predicted octanol–water partition coefficient (Wildman–Crippen LogP) is 6.04. The molecule has 0 aliphatic rings. The lowest BCUT2D eigenvalue weighted by Gasteiger charge is -2.17. The van der Waals surface area contributed by atoms with Crippen molar-refractivity contribution >= 4 is 56.5 Å². The number of halogens is 3. The number of carbonyl (C=O) groups is 2. The fraction of sp³-hybridized carbons (Fsp3) is 0.219. The minimum atomic E-state index is -4.54. The summed E-state index contributed by atoms with van der Waals surface area (Å²) in [6, 6.07) is 15.5. The second-order valence-electron chi connectivity index (χ2n) is 11.0. The zero-order valence-corrected chi connectivity index (χ0v) is 27.0. The topological polar surface area (TPSA) is 169 Å². The molecule has 0 bridgehead atoms. The summed E-state index contributed by atoms with van der Waals surface area (Å²) < 4.78 is 54.6. The molecule has 7 N–H and O–H groups in total. The van der Waals surface area contributed by atoms with E-state index >= 15 is 0 Å². The smallest absolute Gasteiger partial charge is 0.394 e.